The summed E-state index contributed by atoms with van der Waals surface area (Å²) in [5.74, 6) is 0.256. The summed E-state index contributed by atoms with van der Waals surface area (Å²) in [7, 11) is -3.72. The average molecular weight is 560 g/mol. The summed E-state index contributed by atoms with van der Waals surface area (Å²) in [6.07, 6.45) is 1.16. The molecule has 2 unspecified atom stereocenters. The number of sulfonamides is 1. The molecule has 3 heterocycles. The standard InChI is InChI=1S/C26H26ClN3O5S2/c1-16-6-11-22(27)24-23(16)28-26(36-24)30(15-20-5-4-12-34-20)25(31)19-7-9-21(10-8-19)37(32,33)29-13-17(2)35-18(3)14-29/h4-12,17-18H,13-15H2,1-3H3. The van der Waals surface area contributed by atoms with E-state index in [0.29, 0.717) is 21.5 Å². The van der Waals surface area contributed by atoms with Crippen molar-refractivity contribution in [2.45, 2.75) is 44.4 Å². The van der Waals surface area contributed by atoms with Gasteiger partial charge in [-0.25, -0.2) is 13.4 Å². The summed E-state index contributed by atoms with van der Waals surface area (Å²) in [5, 5.41) is 1.04. The summed E-state index contributed by atoms with van der Waals surface area (Å²) in [4.78, 5) is 20.1. The highest BCUT2D eigenvalue weighted by Crippen LogP contribution is 2.37. The van der Waals surface area contributed by atoms with E-state index < -0.39 is 10.0 Å². The van der Waals surface area contributed by atoms with Crippen molar-refractivity contribution in [3.8, 4) is 0 Å². The van der Waals surface area contributed by atoms with E-state index in [0.717, 1.165) is 15.8 Å². The van der Waals surface area contributed by atoms with Gasteiger partial charge in [-0.2, -0.15) is 4.31 Å². The summed E-state index contributed by atoms with van der Waals surface area (Å²) >= 11 is 7.73. The van der Waals surface area contributed by atoms with Crippen LogP contribution in [0.2, 0.25) is 5.02 Å². The predicted octanol–water partition coefficient (Wildman–Crippen LogP) is 5.50. The quantitative estimate of drug-likeness (QED) is 0.310. The SMILES string of the molecule is Cc1ccc(Cl)c2sc(N(Cc3ccco3)C(=O)c3ccc(S(=O)(=O)N4CC(C)OC(C)C4)cc3)nc12. The molecule has 2 atom stereocenters. The zero-order chi connectivity index (χ0) is 26.3. The minimum Gasteiger partial charge on any atom is -0.467 e. The number of furan rings is 1. The second-order valence-electron chi connectivity index (χ2n) is 9.11. The number of carbonyl (C=O) groups is 1. The van der Waals surface area contributed by atoms with Crippen LogP contribution in [0.1, 0.15) is 35.5 Å². The number of aryl methyl sites for hydroxylation is 1. The van der Waals surface area contributed by atoms with Crippen LogP contribution in [0.5, 0.6) is 0 Å². The number of benzene rings is 2. The molecule has 1 aliphatic rings. The smallest absolute Gasteiger partial charge is 0.260 e. The van der Waals surface area contributed by atoms with Crippen LogP contribution < -0.4 is 4.90 Å². The maximum atomic E-state index is 13.7. The molecule has 194 valence electrons. The van der Waals surface area contributed by atoms with Gasteiger partial charge in [0.1, 0.15) is 5.76 Å². The highest BCUT2D eigenvalue weighted by molar-refractivity contribution is 7.89. The minimum absolute atomic E-state index is 0.130. The van der Waals surface area contributed by atoms with Gasteiger partial charge in [-0.1, -0.05) is 29.0 Å². The Bertz CT molecular complexity index is 1490. The number of rotatable bonds is 6. The second kappa shape index (κ2) is 10.2. The molecule has 0 N–H and O–H groups in total. The largest absolute Gasteiger partial charge is 0.467 e. The lowest BCUT2D eigenvalue weighted by Crippen LogP contribution is -2.48. The monoisotopic (exact) mass is 559 g/mol. The molecule has 0 saturated carbocycles. The van der Waals surface area contributed by atoms with Crippen LogP contribution in [0.25, 0.3) is 10.2 Å². The molecule has 8 nitrogen and oxygen atoms in total. The number of halogens is 1. The number of carbonyl (C=O) groups excluding carboxylic acids is 1. The summed E-state index contributed by atoms with van der Waals surface area (Å²) in [5.41, 5.74) is 2.02. The molecule has 0 bridgehead atoms. The normalized spacial score (nSPS) is 18.8. The first-order chi connectivity index (χ1) is 17.6. The third kappa shape index (κ3) is 5.17. The van der Waals surface area contributed by atoms with Crippen molar-refractivity contribution in [1.82, 2.24) is 9.29 Å². The zero-order valence-electron chi connectivity index (χ0n) is 20.5. The molecule has 1 aliphatic heterocycles. The van der Waals surface area contributed by atoms with Crippen LogP contribution in [-0.4, -0.2) is 48.9 Å². The Balaban J connectivity index is 1.47. The lowest BCUT2D eigenvalue weighted by Gasteiger charge is -2.34. The molecule has 1 amide bonds. The summed E-state index contributed by atoms with van der Waals surface area (Å²) < 4.78 is 39.9. The second-order valence-corrected chi connectivity index (χ2v) is 12.4. The van der Waals surface area contributed by atoms with Gasteiger partial charge in [0, 0.05) is 18.7 Å². The van der Waals surface area contributed by atoms with E-state index in [1.54, 1.807) is 18.4 Å². The highest BCUT2D eigenvalue weighted by atomic mass is 35.5. The van der Waals surface area contributed by atoms with Crippen molar-refractivity contribution in [3.63, 3.8) is 0 Å². The molecular formula is C26H26ClN3O5S2. The Morgan fingerprint density at radius 2 is 1.84 bits per heavy atom. The summed E-state index contributed by atoms with van der Waals surface area (Å²) in [6, 6.07) is 13.2. The van der Waals surface area contributed by atoms with Gasteiger partial charge in [-0.05, 0) is 68.8 Å². The van der Waals surface area contributed by atoms with Gasteiger partial charge < -0.3 is 9.15 Å². The van der Waals surface area contributed by atoms with E-state index in [1.807, 2.05) is 32.9 Å². The molecule has 11 heteroatoms. The van der Waals surface area contributed by atoms with E-state index in [4.69, 9.17) is 25.7 Å². The zero-order valence-corrected chi connectivity index (χ0v) is 22.9. The number of amides is 1. The minimum atomic E-state index is -3.72. The van der Waals surface area contributed by atoms with Crippen LogP contribution in [0, 0.1) is 6.92 Å². The molecule has 0 spiro atoms. The molecule has 2 aromatic carbocycles. The molecule has 0 aliphatic carbocycles. The lowest BCUT2D eigenvalue weighted by molar-refractivity contribution is -0.0440. The van der Waals surface area contributed by atoms with Gasteiger partial charge >= 0.3 is 0 Å². The van der Waals surface area contributed by atoms with Crippen LogP contribution in [0.4, 0.5) is 5.13 Å². The Morgan fingerprint density at radius 3 is 2.46 bits per heavy atom. The van der Waals surface area contributed by atoms with Crippen molar-refractivity contribution in [1.29, 1.82) is 0 Å². The van der Waals surface area contributed by atoms with Crippen molar-refractivity contribution >= 4 is 54.2 Å². The van der Waals surface area contributed by atoms with Gasteiger partial charge in [0.25, 0.3) is 5.91 Å². The van der Waals surface area contributed by atoms with Crippen molar-refractivity contribution < 1.29 is 22.4 Å². The number of hydrogen-bond donors (Lipinski definition) is 0. The number of thiazole rings is 1. The predicted molar refractivity (Wildman–Crippen MR) is 144 cm³/mol. The Kier molecular flexibility index (Phi) is 7.12. The first kappa shape index (κ1) is 25.9. The average Bonchev–Trinajstić information content (AvgIpc) is 3.55. The maximum Gasteiger partial charge on any atom is 0.260 e. The third-order valence-corrected chi connectivity index (χ3v) is 9.57. The molecule has 1 fully saturated rings. The first-order valence-corrected chi connectivity index (χ1v) is 14.4. The molecular weight excluding hydrogens is 534 g/mol. The van der Waals surface area contributed by atoms with Gasteiger partial charge in [0.05, 0.1) is 45.2 Å². The van der Waals surface area contributed by atoms with Gasteiger partial charge in [-0.3, -0.25) is 9.69 Å². The van der Waals surface area contributed by atoms with E-state index >= 15 is 0 Å². The molecule has 2 aromatic heterocycles. The highest BCUT2D eigenvalue weighted by Gasteiger charge is 2.32. The van der Waals surface area contributed by atoms with Crippen LogP contribution in [0.3, 0.4) is 0 Å². The first-order valence-electron chi connectivity index (χ1n) is 11.8. The van der Waals surface area contributed by atoms with Crippen LogP contribution >= 0.6 is 22.9 Å². The molecule has 1 saturated heterocycles. The van der Waals surface area contributed by atoms with Crippen LogP contribution in [-0.2, 0) is 21.3 Å². The number of anilines is 1. The van der Waals surface area contributed by atoms with Crippen molar-refractivity contribution in [2.75, 3.05) is 18.0 Å². The van der Waals surface area contributed by atoms with Crippen molar-refractivity contribution in [3.05, 3.63) is 76.7 Å². The van der Waals surface area contributed by atoms with E-state index in [2.05, 4.69) is 0 Å². The number of nitrogens with zero attached hydrogens (tertiary/aromatic N) is 3. The molecule has 4 aromatic rings. The fraction of sp³-hybridized carbons (Fsp3) is 0.308. The Morgan fingerprint density at radius 1 is 1.14 bits per heavy atom. The molecule has 5 rings (SSSR count). The number of hydrogen-bond acceptors (Lipinski definition) is 7. The fourth-order valence-electron chi connectivity index (χ4n) is 4.39. The van der Waals surface area contributed by atoms with Gasteiger partial charge in [-0.15, -0.1) is 0 Å². The number of aromatic nitrogens is 1. The topological polar surface area (TPSA) is 93.0 Å². The van der Waals surface area contributed by atoms with Gasteiger partial charge in [0.15, 0.2) is 5.13 Å². The number of ether oxygens (including phenoxy) is 1. The lowest BCUT2D eigenvalue weighted by atomic mass is 10.2. The fourth-order valence-corrected chi connectivity index (χ4v) is 7.30. The van der Waals surface area contributed by atoms with E-state index in [9.17, 15) is 13.2 Å². The molecule has 0 radical (unpaired) electrons. The van der Waals surface area contributed by atoms with E-state index in [1.165, 1.54) is 44.8 Å². The number of fused-ring (bicyclic) bond motifs is 1. The van der Waals surface area contributed by atoms with E-state index in [-0.39, 0.29) is 42.6 Å². The van der Waals surface area contributed by atoms with Crippen LogP contribution in [0.15, 0.2) is 64.1 Å². The Labute approximate surface area is 224 Å². The molecule has 37 heavy (non-hydrogen) atoms. The Hall–Kier alpha value is -2.76. The number of morpholine rings is 1. The van der Waals surface area contributed by atoms with Gasteiger partial charge in [0.2, 0.25) is 10.0 Å². The summed E-state index contributed by atoms with van der Waals surface area (Å²) in [6.45, 7) is 6.37. The third-order valence-electron chi connectivity index (χ3n) is 6.18. The maximum absolute atomic E-state index is 13.7. The van der Waals surface area contributed by atoms with Crippen molar-refractivity contribution in [2.24, 2.45) is 0 Å².